The smallest absolute Gasteiger partial charge is 0.326 e. The van der Waals surface area contributed by atoms with Crippen LogP contribution in [0.2, 0.25) is 0 Å². The summed E-state index contributed by atoms with van der Waals surface area (Å²) in [5, 5.41) is 16.1. The van der Waals surface area contributed by atoms with E-state index in [0.29, 0.717) is 5.01 Å². The van der Waals surface area contributed by atoms with Gasteiger partial charge in [-0.15, -0.1) is 11.3 Å². The number of nitrogens with one attached hydrogen (secondary N) is 2. The predicted octanol–water partition coefficient (Wildman–Crippen LogP) is -0.339. The van der Waals surface area contributed by atoms with Gasteiger partial charge in [0.25, 0.3) is 0 Å². The molecule has 5 N–H and O–H groups in total. The number of carbonyl (C=O) groups excluding carboxylic acids is 2. The number of amides is 3. The fourth-order valence-corrected chi connectivity index (χ4v) is 1.81. The van der Waals surface area contributed by atoms with Crippen LogP contribution in [0.1, 0.15) is 17.8 Å². The fourth-order valence-electron chi connectivity index (χ4n) is 1.25. The number of thiazole rings is 1. The van der Waals surface area contributed by atoms with E-state index in [-0.39, 0.29) is 19.4 Å². The molecule has 1 aromatic rings. The van der Waals surface area contributed by atoms with Crippen LogP contribution in [0.25, 0.3) is 0 Å². The standard InChI is InChI=1S/C10H14N4O4S/c11-7(15)2-1-6(9(16)17)14-10(18)13-5-8-12-3-4-19-8/h3-4,6H,1-2,5H2,(H2,11,15)(H,16,17)(H2,13,14,18)/t6-/m0/s1. The molecular weight excluding hydrogens is 272 g/mol. The zero-order valence-corrected chi connectivity index (χ0v) is 10.8. The molecule has 19 heavy (non-hydrogen) atoms. The number of nitrogens with zero attached hydrogens (tertiary/aromatic N) is 1. The number of hydrogen-bond donors (Lipinski definition) is 4. The van der Waals surface area contributed by atoms with Gasteiger partial charge in [0.05, 0.1) is 6.54 Å². The summed E-state index contributed by atoms with van der Waals surface area (Å²) < 4.78 is 0. The minimum atomic E-state index is -1.22. The van der Waals surface area contributed by atoms with Gasteiger partial charge in [-0.25, -0.2) is 14.6 Å². The van der Waals surface area contributed by atoms with Crippen molar-refractivity contribution < 1.29 is 19.5 Å². The maximum absolute atomic E-state index is 11.5. The van der Waals surface area contributed by atoms with Gasteiger partial charge in [0, 0.05) is 18.0 Å². The van der Waals surface area contributed by atoms with Crippen LogP contribution in [0.3, 0.4) is 0 Å². The Bertz CT molecular complexity index is 448. The number of hydrogen-bond acceptors (Lipinski definition) is 5. The highest BCUT2D eigenvalue weighted by atomic mass is 32.1. The molecule has 0 fully saturated rings. The van der Waals surface area contributed by atoms with E-state index in [0.717, 1.165) is 0 Å². The van der Waals surface area contributed by atoms with Crippen molar-refractivity contribution in [2.45, 2.75) is 25.4 Å². The lowest BCUT2D eigenvalue weighted by molar-refractivity contribution is -0.139. The van der Waals surface area contributed by atoms with Gasteiger partial charge in [0.2, 0.25) is 5.91 Å². The van der Waals surface area contributed by atoms with Gasteiger partial charge in [0.1, 0.15) is 11.0 Å². The van der Waals surface area contributed by atoms with E-state index >= 15 is 0 Å². The largest absolute Gasteiger partial charge is 0.480 e. The molecule has 3 amide bonds. The Balaban J connectivity index is 2.38. The normalized spacial score (nSPS) is 11.6. The van der Waals surface area contributed by atoms with Gasteiger partial charge >= 0.3 is 12.0 Å². The van der Waals surface area contributed by atoms with Gasteiger partial charge in [-0.05, 0) is 6.42 Å². The van der Waals surface area contributed by atoms with E-state index in [2.05, 4.69) is 15.6 Å². The average Bonchev–Trinajstić information content (AvgIpc) is 2.84. The molecule has 0 aromatic carbocycles. The predicted molar refractivity (Wildman–Crippen MR) is 67.3 cm³/mol. The summed E-state index contributed by atoms with van der Waals surface area (Å²) in [6.45, 7) is 0.214. The number of carbonyl (C=O) groups is 3. The molecule has 9 heteroatoms. The molecule has 0 saturated heterocycles. The Morgan fingerprint density at radius 2 is 2.21 bits per heavy atom. The van der Waals surface area contributed by atoms with Crippen molar-refractivity contribution in [2.75, 3.05) is 0 Å². The summed E-state index contributed by atoms with van der Waals surface area (Å²) in [7, 11) is 0. The van der Waals surface area contributed by atoms with Crippen LogP contribution >= 0.6 is 11.3 Å². The lowest BCUT2D eigenvalue weighted by Gasteiger charge is -2.13. The zero-order chi connectivity index (χ0) is 14.3. The molecule has 1 atom stereocenters. The van der Waals surface area contributed by atoms with Crippen LogP contribution in [0.15, 0.2) is 11.6 Å². The molecule has 0 saturated carbocycles. The van der Waals surface area contributed by atoms with E-state index < -0.39 is 23.9 Å². The highest BCUT2D eigenvalue weighted by Crippen LogP contribution is 2.02. The molecule has 0 spiro atoms. The van der Waals surface area contributed by atoms with Gasteiger partial charge in [0.15, 0.2) is 0 Å². The van der Waals surface area contributed by atoms with Crippen LogP contribution in [-0.2, 0) is 16.1 Å². The van der Waals surface area contributed by atoms with E-state index in [4.69, 9.17) is 10.8 Å². The molecule has 0 aliphatic heterocycles. The number of aromatic nitrogens is 1. The molecule has 0 bridgehead atoms. The summed E-state index contributed by atoms with van der Waals surface area (Å²) in [5.74, 6) is -1.83. The highest BCUT2D eigenvalue weighted by molar-refractivity contribution is 7.09. The van der Waals surface area contributed by atoms with Crippen molar-refractivity contribution in [1.82, 2.24) is 15.6 Å². The summed E-state index contributed by atoms with van der Waals surface area (Å²) in [4.78, 5) is 36.9. The number of carboxylic acids is 1. The zero-order valence-electron chi connectivity index (χ0n) is 9.96. The molecule has 0 aliphatic carbocycles. The van der Waals surface area contributed by atoms with Gasteiger partial charge < -0.3 is 21.5 Å². The van der Waals surface area contributed by atoms with Crippen molar-refractivity contribution in [3.63, 3.8) is 0 Å². The third kappa shape index (κ3) is 5.82. The number of rotatable bonds is 7. The SMILES string of the molecule is NC(=O)CC[C@H](NC(=O)NCc1nccs1)C(=O)O. The molecule has 8 nitrogen and oxygen atoms in total. The number of carboxylic acid groups (broad SMARTS) is 1. The molecular formula is C10H14N4O4S. The first-order chi connectivity index (χ1) is 8.99. The Labute approximate surface area is 113 Å². The number of aliphatic carboxylic acids is 1. The second-order valence-corrected chi connectivity index (χ2v) is 4.63. The van der Waals surface area contributed by atoms with Crippen LogP contribution in [0.5, 0.6) is 0 Å². The Morgan fingerprint density at radius 1 is 1.47 bits per heavy atom. The fraction of sp³-hybridized carbons (Fsp3) is 0.400. The van der Waals surface area contributed by atoms with Gasteiger partial charge in [-0.1, -0.05) is 0 Å². The first kappa shape index (κ1) is 14.9. The molecule has 1 aromatic heterocycles. The maximum atomic E-state index is 11.5. The quantitative estimate of drug-likeness (QED) is 0.544. The average molecular weight is 286 g/mol. The summed E-state index contributed by atoms with van der Waals surface area (Å²) in [6.07, 6.45) is 1.45. The third-order valence-corrected chi connectivity index (χ3v) is 2.95. The van der Waals surface area contributed by atoms with E-state index in [1.54, 1.807) is 11.6 Å². The minimum absolute atomic E-state index is 0.0463. The van der Waals surface area contributed by atoms with Crippen molar-refractivity contribution in [3.05, 3.63) is 16.6 Å². The van der Waals surface area contributed by atoms with Crippen molar-refractivity contribution in [1.29, 1.82) is 0 Å². The molecule has 0 radical (unpaired) electrons. The van der Waals surface area contributed by atoms with Gasteiger partial charge in [-0.2, -0.15) is 0 Å². The number of primary amides is 1. The van der Waals surface area contributed by atoms with Gasteiger partial charge in [-0.3, -0.25) is 4.79 Å². The molecule has 104 valence electrons. The molecule has 1 heterocycles. The second kappa shape index (κ2) is 7.31. The van der Waals surface area contributed by atoms with Crippen LogP contribution < -0.4 is 16.4 Å². The summed E-state index contributed by atoms with van der Waals surface area (Å²) in [5.41, 5.74) is 4.93. The lowest BCUT2D eigenvalue weighted by Crippen LogP contribution is -2.46. The summed E-state index contributed by atoms with van der Waals surface area (Å²) in [6, 6.07) is -1.78. The van der Waals surface area contributed by atoms with Crippen molar-refractivity contribution in [2.24, 2.45) is 5.73 Å². The summed E-state index contributed by atoms with van der Waals surface area (Å²) >= 11 is 1.37. The minimum Gasteiger partial charge on any atom is -0.480 e. The second-order valence-electron chi connectivity index (χ2n) is 3.65. The Morgan fingerprint density at radius 3 is 2.74 bits per heavy atom. The molecule has 0 aliphatic rings. The van der Waals surface area contributed by atoms with Crippen LogP contribution in [-0.4, -0.2) is 34.0 Å². The number of urea groups is 1. The van der Waals surface area contributed by atoms with Crippen LogP contribution in [0, 0.1) is 0 Å². The van der Waals surface area contributed by atoms with Crippen molar-refractivity contribution >= 4 is 29.2 Å². The topological polar surface area (TPSA) is 134 Å². The number of nitrogens with two attached hydrogens (primary N) is 1. The maximum Gasteiger partial charge on any atom is 0.326 e. The highest BCUT2D eigenvalue weighted by Gasteiger charge is 2.20. The van der Waals surface area contributed by atoms with E-state index in [9.17, 15) is 14.4 Å². The van der Waals surface area contributed by atoms with Crippen molar-refractivity contribution in [3.8, 4) is 0 Å². The lowest BCUT2D eigenvalue weighted by atomic mass is 10.1. The monoisotopic (exact) mass is 286 g/mol. The first-order valence-corrected chi connectivity index (χ1v) is 6.31. The first-order valence-electron chi connectivity index (χ1n) is 5.43. The molecule has 1 rings (SSSR count). The Kier molecular flexibility index (Phi) is 5.73. The van der Waals surface area contributed by atoms with E-state index in [1.165, 1.54) is 11.3 Å². The van der Waals surface area contributed by atoms with Crippen LogP contribution in [0.4, 0.5) is 4.79 Å². The van der Waals surface area contributed by atoms with E-state index in [1.807, 2.05) is 0 Å². The third-order valence-electron chi connectivity index (χ3n) is 2.17. The Hall–Kier alpha value is -2.16. The molecule has 0 unspecified atom stereocenters.